The molecule has 1 unspecified atom stereocenters. The Balaban J connectivity index is 2.00. The number of nitrogens with zero attached hydrogens (tertiary/aromatic N) is 1. The van der Waals surface area contributed by atoms with Gasteiger partial charge in [-0.1, -0.05) is 64.2 Å². The third-order valence-corrected chi connectivity index (χ3v) is 15.3. The van der Waals surface area contributed by atoms with E-state index in [2.05, 4.69) is 5.32 Å². The summed E-state index contributed by atoms with van der Waals surface area (Å²) in [6, 6.07) is 5.80. The zero-order valence-electron chi connectivity index (χ0n) is 22.9. The summed E-state index contributed by atoms with van der Waals surface area (Å²) in [5.41, 5.74) is 0.784. The first-order valence-corrected chi connectivity index (χ1v) is 15.7. The van der Waals surface area contributed by atoms with E-state index in [1.54, 1.807) is 24.3 Å². The van der Waals surface area contributed by atoms with Crippen molar-refractivity contribution in [1.29, 1.82) is 0 Å². The van der Waals surface area contributed by atoms with Gasteiger partial charge in [0.05, 0.1) is 5.75 Å². The molecule has 1 aliphatic heterocycles. The van der Waals surface area contributed by atoms with Crippen molar-refractivity contribution in [2.75, 3.05) is 5.75 Å². The Bertz CT molecular complexity index is 1080. The summed E-state index contributed by atoms with van der Waals surface area (Å²) in [6.07, 6.45) is -1.55. The lowest BCUT2D eigenvalue weighted by molar-refractivity contribution is -0.148. The average Bonchev–Trinajstić information content (AvgIpc) is 2.78. The van der Waals surface area contributed by atoms with E-state index >= 15 is 0 Å². The van der Waals surface area contributed by atoms with Gasteiger partial charge < -0.3 is 15.4 Å². The summed E-state index contributed by atoms with van der Waals surface area (Å²) >= 11 is 0. The second-order valence-corrected chi connectivity index (χ2v) is 17.4. The number of hydrogen-bond donors (Lipinski definition) is 2. The quantitative estimate of drug-likeness (QED) is 0.385. The second-order valence-electron chi connectivity index (χ2n) is 10.1. The minimum Gasteiger partial charge on any atom is -0.459 e. The Morgan fingerprint density at radius 3 is 2.32 bits per heavy atom. The Hall–Kier alpha value is -2.24. The van der Waals surface area contributed by atoms with E-state index in [0.29, 0.717) is 5.31 Å². The van der Waals surface area contributed by atoms with E-state index < -0.39 is 60.6 Å². The van der Waals surface area contributed by atoms with Crippen LogP contribution in [0.4, 0.5) is 0 Å². The van der Waals surface area contributed by atoms with Crippen LogP contribution in [0.5, 0.6) is 0 Å². The van der Waals surface area contributed by atoms with Crippen molar-refractivity contribution in [3.05, 3.63) is 35.9 Å². The maximum atomic E-state index is 12.9. The first-order valence-electron chi connectivity index (χ1n) is 12.2. The molecule has 0 spiro atoms. The van der Waals surface area contributed by atoms with Crippen LogP contribution in [-0.2, 0) is 35.8 Å². The highest BCUT2D eigenvalue weighted by Crippen LogP contribution is 2.44. The van der Waals surface area contributed by atoms with Gasteiger partial charge in [0.25, 0.3) is 0 Å². The predicted molar refractivity (Wildman–Crippen MR) is 133 cm³/mol. The lowest BCUT2D eigenvalue weighted by Crippen LogP contribution is -2.70. The molecule has 2 rings (SSSR count). The van der Waals surface area contributed by atoms with E-state index in [0.717, 1.165) is 5.56 Å². The molecule has 4 atom stereocenters. The first kappa shape index (κ1) is 24.9. The Kier molecular flexibility index (Phi) is 7.73. The third kappa shape index (κ3) is 6.67. The van der Waals surface area contributed by atoms with Gasteiger partial charge >= 0.3 is 5.97 Å². The highest BCUT2D eigenvalue weighted by Gasteiger charge is 2.56. The molecule has 1 aromatic rings. The fraction of sp³-hybridized carbons (Fsp3) is 0.609. The minimum atomic E-state index is -3.59. The van der Waals surface area contributed by atoms with Gasteiger partial charge in [0, 0.05) is 13.8 Å². The molecule has 1 heterocycles. The maximum Gasteiger partial charge on any atom is 0.328 e. The molecule has 34 heavy (non-hydrogen) atoms. The van der Waals surface area contributed by atoms with Crippen molar-refractivity contribution in [2.45, 2.75) is 83.9 Å². The molecule has 1 aliphatic rings. The molecule has 1 aromatic carbocycles. The Morgan fingerprint density at radius 1 is 1.21 bits per heavy atom. The Morgan fingerprint density at radius 2 is 1.79 bits per heavy atom. The van der Waals surface area contributed by atoms with Crippen molar-refractivity contribution in [3.8, 4) is 0 Å². The van der Waals surface area contributed by atoms with Gasteiger partial charge in [0.1, 0.15) is 26.9 Å². The number of amides is 2. The van der Waals surface area contributed by atoms with Crippen LogP contribution >= 0.6 is 0 Å². The number of nitrogens with one attached hydrogen (secondary N) is 2. The van der Waals surface area contributed by atoms with E-state index in [9.17, 15) is 22.8 Å². The minimum absolute atomic E-state index is 0.0358. The summed E-state index contributed by atoms with van der Waals surface area (Å²) in [6.45, 7) is 12.3. The lowest BCUT2D eigenvalue weighted by Gasteiger charge is -2.53. The van der Waals surface area contributed by atoms with Crippen LogP contribution in [0.15, 0.2) is 30.3 Å². The lowest BCUT2D eigenvalue weighted by atomic mass is 10.2. The fourth-order valence-electron chi connectivity index (χ4n) is 3.40. The van der Waals surface area contributed by atoms with Crippen LogP contribution in [0.25, 0.3) is 0 Å². The van der Waals surface area contributed by atoms with Crippen LogP contribution in [0.2, 0.25) is 19.5 Å². The monoisotopic (exact) mass is 513 g/mol. The molecule has 9 nitrogen and oxygen atoms in total. The smallest absolute Gasteiger partial charge is 0.328 e. The molecule has 0 aliphatic carbocycles. The second kappa shape index (κ2) is 10.6. The zero-order valence-corrected chi connectivity index (χ0v) is 22.7. The summed E-state index contributed by atoms with van der Waals surface area (Å²) in [5.74, 6) is -2.78. The number of ether oxygens (including phenoxy) is 1. The molecular weight excluding hydrogens is 474 g/mol. The molecule has 0 bridgehead atoms. The predicted octanol–water partition coefficient (Wildman–Crippen LogP) is 2.15. The van der Waals surface area contributed by atoms with Gasteiger partial charge in [-0.25, -0.2) is 17.2 Å². The summed E-state index contributed by atoms with van der Waals surface area (Å²) in [7, 11) is -6.21. The fourth-order valence-corrected chi connectivity index (χ4v) is 10.1. The van der Waals surface area contributed by atoms with Crippen molar-refractivity contribution < 1.29 is 30.3 Å². The van der Waals surface area contributed by atoms with E-state index in [4.69, 9.17) is 7.52 Å². The van der Waals surface area contributed by atoms with Crippen LogP contribution in [0.1, 0.15) is 47.9 Å². The van der Waals surface area contributed by atoms with Gasteiger partial charge in [-0.2, -0.15) is 0 Å². The standard InChI is InChI=1S/C23H37N3O6SSi/c1-16(21(28)25-17(2)22(29)32-14-18-11-9-8-10-12-18)24-20(27)13-19-15-33(30,31)26(19)34(6,7)23(3,4)5/h8-12,16-17,19H,13-15H2,1-7H3,(H,24,27)(H,25,28)/t16-,17-,19-/m0/s1/i13D/hD/t13?,16-,17-,19-. The van der Waals surface area contributed by atoms with Crippen LogP contribution < -0.4 is 10.6 Å². The number of carbonyl (C=O) groups excluding carboxylic acids is 3. The SMILES string of the molecule is [2H]C(C(=O)N([2H])[C@@H](C)C(=O)N[C@@H](C)C(=O)OCc1ccccc1)[C@H]1CS(=O)(=O)N1[Si](C)(C)C(C)(C)C. The highest BCUT2D eigenvalue weighted by atomic mass is 32.2. The molecule has 1 fully saturated rings. The zero-order chi connectivity index (χ0) is 27.6. The summed E-state index contributed by atoms with van der Waals surface area (Å²) < 4.78 is 48.3. The van der Waals surface area contributed by atoms with Crippen molar-refractivity contribution in [3.63, 3.8) is 0 Å². The molecular formula is C23H37N3O6SSi. The molecule has 190 valence electrons. The van der Waals surface area contributed by atoms with Gasteiger partial charge in [-0.05, 0) is 24.4 Å². The average molecular weight is 514 g/mol. The molecule has 0 aromatic heterocycles. The highest BCUT2D eigenvalue weighted by molar-refractivity contribution is 7.92. The molecule has 1 saturated heterocycles. The van der Waals surface area contributed by atoms with Gasteiger partial charge in [-0.3, -0.25) is 9.59 Å². The first-order chi connectivity index (χ1) is 16.4. The summed E-state index contributed by atoms with van der Waals surface area (Å²) in [5, 5.41) is 2.46. The van der Waals surface area contributed by atoms with Gasteiger partial charge in [0.2, 0.25) is 21.8 Å². The number of esters is 1. The normalized spacial score (nSPS) is 21.7. The third-order valence-electron chi connectivity index (χ3n) is 6.34. The van der Waals surface area contributed by atoms with E-state index in [-0.39, 0.29) is 17.4 Å². The number of rotatable bonds is 9. The number of sulfonamides is 1. The maximum absolute atomic E-state index is 12.9. The van der Waals surface area contributed by atoms with Crippen molar-refractivity contribution in [2.24, 2.45) is 0 Å². The number of hydrogen-bond acceptors (Lipinski definition) is 6. The number of carbonyl (C=O) groups is 3. The van der Waals surface area contributed by atoms with Crippen LogP contribution in [0, 0.1) is 0 Å². The van der Waals surface area contributed by atoms with E-state index in [1.807, 2.05) is 39.9 Å². The molecule has 0 radical (unpaired) electrons. The topological polar surface area (TPSA) is 122 Å². The van der Waals surface area contributed by atoms with E-state index in [1.165, 1.54) is 17.8 Å². The van der Waals surface area contributed by atoms with Crippen molar-refractivity contribution >= 4 is 36.0 Å². The number of benzene rings is 1. The molecule has 2 N–H and O–H groups in total. The largest absolute Gasteiger partial charge is 0.459 e. The van der Waals surface area contributed by atoms with Crippen LogP contribution in [-0.4, -0.2) is 62.3 Å². The van der Waals surface area contributed by atoms with Crippen LogP contribution in [0.3, 0.4) is 0 Å². The summed E-state index contributed by atoms with van der Waals surface area (Å²) in [4.78, 5) is 37.8. The molecule has 11 heteroatoms. The van der Waals surface area contributed by atoms with Crippen molar-refractivity contribution in [1.82, 2.24) is 14.6 Å². The van der Waals surface area contributed by atoms with Gasteiger partial charge in [-0.15, -0.1) is 0 Å². The Labute approximate surface area is 206 Å². The molecule has 0 saturated carbocycles. The molecule has 2 amide bonds. The van der Waals surface area contributed by atoms with Gasteiger partial charge in [0.15, 0.2) is 1.41 Å².